The molecule has 0 aliphatic carbocycles. The first-order valence-electron chi connectivity index (χ1n) is 7.17. The van der Waals surface area contributed by atoms with Gasteiger partial charge >= 0.3 is 7.60 Å². The molecule has 0 aliphatic rings. The van der Waals surface area contributed by atoms with Crippen molar-refractivity contribution in [3.05, 3.63) is 77.9 Å². The van der Waals surface area contributed by atoms with E-state index >= 15 is 0 Å². The number of benzene rings is 2. The SMILES string of the molecule is COP(=O)(OC)C(C/C=C/c1ccccc1)c1ccccc1. The molecule has 3 nitrogen and oxygen atoms in total. The van der Waals surface area contributed by atoms with Gasteiger partial charge in [-0.1, -0.05) is 72.8 Å². The summed E-state index contributed by atoms with van der Waals surface area (Å²) in [6.45, 7) is 0. The van der Waals surface area contributed by atoms with Gasteiger partial charge in [0.25, 0.3) is 0 Å². The zero-order valence-electron chi connectivity index (χ0n) is 12.9. The molecule has 1 atom stereocenters. The van der Waals surface area contributed by atoms with Gasteiger partial charge in [0, 0.05) is 14.2 Å². The first-order chi connectivity index (χ1) is 10.7. The predicted molar refractivity (Wildman–Crippen MR) is 90.9 cm³/mol. The molecule has 0 saturated carbocycles. The van der Waals surface area contributed by atoms with Crippen LogP contribution in [0.25, 0.3) is 6.08 Å². The molecule has 0 spiro atoms. The zero-order chi connectivity index (χ0) is 15.8. The summed E-state index contributed by atoms with van der Waals surface area (Å²) in [5.41, 5.74) is 1.75. The molecule has 0 heterocycles. The largest absolute Gasteiger partial charge is 0.337 e. The predicted octanol–water partition coefficient (Wildman–Crippen LogP) is 5.32. The van der Waals surface area contributed by atoms with E-state index in [1.165, 1.54) is 14.2 Å². The third-order valence-electron chi connectivity index (χ3n) is 3.54. The molecular weight excluding hydrogens is 295 g/mol. The van der Waals surface area contributed by atoms with Crippen molar-refractivity contribution in [2.45, 2.75) is 12.1 Å². The van der Waals surface area contributed by atoms with Crippen LogP contribution in [0.15, 0.2) is 66.7 Å². The summed E-state index contributed by atoms with van der Waals surface area (Å²) in [7, 11) is -0.322. The first kappa shape index (κ1) is 16.7. The fraction of sp³-hybridized carbons (Fsp3) is 0.222. The maximum Gasteiger partial charge on any atom is 0.337 e. The van der Waals surface area contributed by atoms with Crippen molar-refractivity contribution in [1.82, 2.24) is 0 Å². The third-order valence-corrected chi connectivity index (χ3v) is 5.83. The van der Waals surface area contributed by atoms with Crippen molar-refractivity contribution in [1.29, 1.82) is 0 Å². The standard InChI is InChI=1S/C18H21O3P/c1-20-22(19,21-2)18(17-13-7-4-8-14-17)15-9-12-16-10-5-3-6-11-16/h3-14,18H,15H2,1-2H3/b12-9+. The van der Waals surface area contributed by atoms with Crippen molar-refractivity contribution in [3.8, 4) is 0 Å². The molecule has 4 heteroatoms. The Morgan fingerprint density at radius 1 is 0.955 bits per heavy atom. The van der Waals surface area contributed by atoms with Crippen LogP contribution >= 0.6 is 7.60 Å². The topological polar surface area (TPSA) is 35.5 Å². The zero-order valence-corrected chi connectivity index (χ0v) is 13.8. The van der Waals surface area contributed by atoms with Crippen molar-refractivity contribution in [2.75, 3.05) is 14.2 Å². The summed E-state index contributed by atoms with van der Waals surface area (Å²) >= 11 is 0. The molecule has 0 saturated heterocycles. The van der Waals surface area contributed by atoms with Gasteiger partial charge in [0.15, 0.2) is 0 Å². The lowest BCUT2D eigenvalue weighted by atomic mass is 10.1. The van der Waals surface area contributed by atoms with Gasteiger partial charge in [-0.2, -0.15) is 0 Å². The van der Waals surface area contributed by atoms with Crippen LogP contribution in [0.3, 0.4) is 0 Å². The van der Waals surface area contributed by atoms with Gasteiger partial charge in [-0.3, -0.25) is 4.57 Å². The molecule has 0 N–H and O–H groups in total. The summed E-state index contributed by atoms with van der Waals surface area (Å²) in [6, 6.07) is 19.7. The van der Waals surface area contributed by atoms with Crippen LogP contribution < -0.4 is 0 Å². The van der Waals surface area contributed by atoms with Crippen LogP contribution in [0.1, 0.15) is 23.2 Å². The second kappa shape index (κ2) is 8.09. The van der Waals surface area contributed by atoms with Crippen molar-refractivity contribution in [3.63, 3.8) is 0 Å². The first-order valence-corrected chi connectivity index (χ1v) is 8.78. The van der Waals surface area contributed by atoms with Crippen molar-refractivity contribution in [2.24, 2.45) is 0 Å². The fourth-order valence-electron chi connectivity index (χ4n) is 2.35. The normalized spacial score (nSPS) is 13.4. The minimum Gasteiger partial charge on any atom is -0.312 e. The third kappa shape index (κ3) is 4.17. The summed E-state index contributed by atoms with van der Waals surface area (Å²) in [6.07, 6.45) is 4.61. The molecule has 0 fully saturated rings. The summed E-state index contributed by atoms with van der Waals surface area (Å²) < 4.78 is 23.2. The van der Waals surface area contributed by atoms with Gasteiger partial charge in [0.1, 0.15) is 0 Å². The van der Waals surface area contributed by atoms with E-state index in [0.717, 1.165) is 11.1 Å². The van der Waals surface area contributed by atoms with Gasteiger partial charge in [0.05, 0.1) is 5.66 Å². The molecule has 0 radical (unpaired) electrons. The lowest BCUT2D eigenvalue weighted by Crippen LogP contribution is -2.03. The highest BCUT2D eigenvalue weighted by Gasteiger charge is 2.34. The number of allylic oxidation sites excluding steroid dienone is 1. The number of rotatable bonds is 7. The van der Waals surface area contributed by atoms with Gasteiger partial charge in [0.2, 0.25) is 0 Å². The Labute approximate surface area is 132 Å². The Kier molecular flexibility index (Phi) is 6.14. The monoisotopic (exact) mass is 316 g/mol. The van der Waals surface area contributed by atoms with Gasteiger partial charge in [-0.05, 0) is 17.5 Å². The Balaban J connectivity index is 2.22. The maximum atomic E-state index is 12.8. The highest BCUT2D eigenvalue weighted by molar-refractivity contribution is 7.54. The van der Waals surface area contributed by atoms with E-state index < -0.39 is 7.60 Å². The van der Waals surface area contributed by atoms with Crippen LogP contribution in [0.4, 0.5) is 0 Å². The number of hydrogen-bond acceptors (Lipinski definition) is 3. The summed E-state index contributed by atoms with van der Waals surface area (Å²) in [4.78, 5) is 0. The average molecular weight is 316 g/mol. The second-order valence-electron chi connectivity index (χ2n) is 4.88. The Morgan fingerprint density at radius 2 is 1.50 bits per heavy atom. The van der Waals surface area contributed by atoms with Gasteiger partial charge in [-0.25, -0.2) is 0 Å². The fourth-order valence-corrected chi connectivity index (χ4v) is 3.92. The highest BCUT2D eigenvalue weighted by atomic mass is 31.2. The van der Waals surface area contributed by atoms with Crippen LogP contribution in [-0.4, -0.2) is 14.2 Å². The molecule has 116 valence electrons. The highest BCUT2D eigenvalue weighted by Crippen LogP contribution is 2.61. The van der Waals surface area contributed by atoms with E-state index in [2.05, 4.69) is 0 Å². The Morgan fingerprint density at radius 3 is 2.05 bits per heavy atom. The van der Waals surface area contributed by atoms with Crippen LogP contribution in [0.2, 0.25) is 0 Å². The Hall–Kier alpha value is -1.67. The van der Waals surface area contributed by atoms with Crippen LogP contribution in [-0.2, 0) is 13.6 Å². The van der Waals surface area contributed by atoms with Gasteiger partial charge in [-0.15, -0.1) is 0 Å². The van der Waals surface area contributed by atoms with Gasteiger partial charge < -0.3 is 9.05 Å². The molecule has 0 aromatic heterocycles. The summed E-state index contributed by atoms with van der Waals surface area (Å²) in [5.74, 6) is 0. The van der Waals surface area contributed by atoms with Crippen molar-refractivity contribution < 1.29 is 13.6 Å². The van der Waals surface area contributed by atoms with E-state index in [0.29, 0.717) is 6.42 Å². The minimum atomic E-state index is -3.19. The molecule has 0 amide bonds. The van der Waals surface area contributed by atoms with Crippen LogP contribution in [0, 0.1) is 0 Å². The van der Waals surface area contributed by atoms with Crippen molar-refractivity contribution >= 4 is 13.7 Å². The smallest absolute Gasteiger partial charge is 0.312 e. The van der Waals surface area contributed by atoms with E-state index in [1.807, 2.05) is 72.8 Å². The minimum absolute atomic E-state index is 0.316. The molecule has 2 aromatic carbocycles. The Bertz CT molecular complexity index is 630. The molecule has 2 aromatic rings. The van der Waals surface area contributed by atoms with E-state index in [4.69, 9.17) is 9.05 Å². The number of hydrogen-bond donors (Lipinski definition) is 0. The van der Waals surface area contributed by atoms with E-state index in [1.54, 1.807) is 0 Å². The molecule has 22 heavy (non-hydrogen) atoms. The summed E-state index contributed by atoms with van der Waals surface area (Å²) in [5, 5.41) is 0. The molecule has 0 aliphatic heterocycles. The molecule has 1 unspecified atom stereocenters. The second-order valence-corrected chi connectivity index (χ2v) is 7.31. The average Bonchev–Trinajstić information content (AvgIpc) is 2.60. The molecule has 2 rings (SSSR count). The molecular formula is C18H21O3P. The maximum absolute atomic E-state index is 12.8. The van der Waals surface area contributed by atoms with E-state index in [-0.39, 0.29) is 5.66 Å². The molecule has 0 bridgehead atoms. The quantitative estimate of drug-likeness (QED) is 0.649. The van der Waals surface area contributed by atoms with E-state index in [9.17, 15) is 4.57 Å². The van der Waals surface area contributed by atoms with Crippen LogP contribution in [0.5, 0.6) is 0 Å². The lowest BCUT2D eigenvalue weighted by Gasteiger charge is -2.23. The lowest BCUT2D eigenvalue weighted by molar-refractivity contribution is 0.266.